The molecule has 1 aromatic rings. The molecule has 3 atom stereocenters. The Hall–Kier alpha value is -1.80. The molecule has 6 fully saturated rings. The Balaban J connectivity index is 1.22. The first kappa shape index (κ1) is 22.7. The first-order valence-electron chi connectivity index (χ1n) is 13.1. The van der Waals surface area contributed by atoms with Gasteiger partial charge in [0.1, 0.15) is 10.8 Å². The molecule has 3 unspecified atom stereocenters. The second-order valence-corrected chi connectivity index (χ2v) is 12.8. The number of hydrogen-bond donors (Lipinski definition) is 3. The number of carbonyl (C=O) groups is 2. The normalized spacial score (nSPS) is 36.9. The number of anilines is 1. The second-order valence-electron chi connectivity index (χ2n) is 11.5. The zero-order chi connectivity index (χ0) is 23.4. The number of amides is 1. The Morgan fingerprint density at radius 1 is 1.09 bits per heavy atom. The minimum Gasteiger partial charge on any atom is -0.481 e. The van der Waals surface area contributed by atoms with Crippen LogP contribution in [0.4, 0.5) is 5.82 Å². The van der Waals surface area contributed by atoms with Crippen molar-refractivity contribution in [2.45, 2.75) is 86.1 Å². The number of carbonyl (C=O) groups excluding carboxylic acids is 1. The second kappa shape index (κ2) is 8.70. The molecule has 5 aliphatic carbocycles. The number of nitrogens with one attached hydrogen (secondary N) is 1. The summed E-state index contributed by atoms with van der Waals surface area (Å²) in [6, 6.07) is 3.92. The van der Waals surface area contributed by atoms with E-state index in [-0.39, 0.29) is 17.9 Å². The fourth-order valence-electron chi connectivity index (χ4n) is 7.65. The SMILES string of the molecule is O=C(NC1C2CC3CC1CC(O)(C3)C2)c1ccc(N2CCC(C(=O)O)C2)nc1SC1CCCC1. The van der Waals surface area contributed by atoms with Crippen LogP contribution in [-0.2, 0) is 4.79 Å². The maximum Gasteiger partial charge on any atom is 0.308 e. The molecule has 1 aromatic heterocycles. The van der Waals surface area contributed by atoms with Crippen molar-refractivity contribution in [3.05, 3.63) is 17.7 Å². The average Bonchev–Trinajstić information content (AvgIpc) is 3.47. The number of pyridine rings is 1. The largest absolute Gasteiger partial charge is 0.481 e. The van der Waals surface area contributed by atoms with Crippen LogP contribution in [0.5, 0.6) is 0 Å². The van der Waals surface area contributed by atoms with Crippen molar-refractivity contribution in [3.8, 4) is 0 Å². The van der Waals surface area contributed by atoms with Crippen LogP contribution < -0.4 is 10.2 Å². The predicted octanol–water partition coefficient (Wildman–Crippen LogP) is 3.70. The van der Waals surface area contributed by atoms with Gasteiger partial charge in [-0.1, -0.05) is 12.8 Å². The minimum atomic E-state index is -0.751. The Bertz CT molecular complexity index is 965. The molecule has 1 amide bonds. The first-order chi connectivity index (χ1) is 16.4. The van der Waals surface area contributed by atoms with Crippen molar-refractivity contribution in [1.82, 2.24) is 10.3 Å². The van der Waals surface area contributed by atoms with E-state index in [2.05, 4.69) is 5.32 Å². The van der Waals surface area contributed by atoms with Crippen molar-refractivity contribution >= 4 is 29.5 Å². The highest BCUT2D eigenvalue weighted by Gasteiger charge is 2.55. The molecule has 34 heavy (non-hydrogen) atoms. The molecule has 184 valence electrons. The van der Waals surface area contributed by atoms with Crippen LogP contribution in [0.3, 0.4) is 0 Å². The Morgan fingerprint density at radius 3 is 2.47 bits per heavy atom. The number of nitrogens with zero attached hydrogens (tertiary/aromatic N) is 2. The monoisotopic (exact) mass is 485 g/mol. The molecule has 1 saturated heterocycles. The summed E-state index contributed by atoms with van der Waals surface area (Å²) in [6.45, 7) is 1.15. The van der Waals surface area contributed by atoms with Crippen LogP contribution in [0, 0.1) is 23.7 Å². The van der Waals surface area contributed by atoms with E-state index in [1.807, 2.05) is 17.0 Å². The van der Waals surface area contributed by atoms with E-state index in [0.29, 0.717) is 48.1 Å². The molecule has 4 bridgehead atoms. The molecule has 0 aromatic carbocycles. The van der Waals surface area contributed by atoms with Gasteiger partial charge in [-0.2, -0.15) is 0 Å². The number of aromatic nitrogens is 1. The van der Waals surface area contributed by atoms with Crippen LogP contribution in [0.25, 0.3) is 0 Å². The number of hydrogen-bond acceptors (Lipinski definition) is 6. The minimum absolute atomic E-state index is 0.0474. The lowest BCUT2D eigenvalue weighted by Crippen LogP contribution is -2.61. The van der Waals surface area contributed by atoms with Gasteiger partial charge < -0.3 is 20.4 Å². The Labute approximate surface area is 205 Å². The average molecular weight is 486 g/mol. The number of carboxylic acids is 1. The fraction of sp³-hybridized carbons (Fsp3) is 0.731. The van der Waals surface area contributed by atoms with Gasteiger partial charge in [-0.25, -0.2) is 4.98 Å². The molecule has 8 heteroatoms. The molecule has 3 N–H and O–H groups in total. The van der Waals surface area contributed by atoms with Crippen LogP contribution in [0.1, 0.15) is 74.6 Å². The summed E-state index contributed by atoms with van der Waals surface area (Å²) in [7, 11) is 0. The van der Waals surface area contributed by atoms with Gasteiger partial charge >= 0.3 is 5.97 Å². The number of aliphatic carboxylic acids is 1. The van der Waals surface area contributed by atoms with Gasteiger partial charge in [0.25, 0.3) is 5.91 Å². The standard InChI is InChI=1S/C26H35N3O4S/c30-23(28-22-17-9-15-10-18(22)13-26(33,11-15)12-17)20-5-6-21(29-8-7-16(14-29)25(31)32)27-24(20)34-19-3-1-2-4-19/h5-6,15-19,22,33H,1-4,7-14H2,(H,28,30)(H,31,32). The highest BCUT2D eigenvalue weighted by atomic mass is 32.2. The summed E-state index contributed by atoms with van der Waals surface area (Å²) >= 11 is 1.72. The quantitative estimate of drug-likeness (QED) is 0.565. The maximum absolute atomic E-state index is 13.6. The van der Waals surface area contributed by atoms with Crippen molar-refractivity contribution in [2.24, 2.45) is 23.7 Å². The van der Waals surface area contributed by atoms with E-state index >= 15 is 0 Å². The van der Waals surface area contributed by atoms with E-state index in [4.69, 9.17) is 4.98 Å². The first-order valence-corrected chi connectivity index (χ1v) is 13.9. The van der Waals surface area contributed by atoms with Crippen molar-refractivity contribution < 1.29 is 19.8 Å². The molecule has 6 aliphatic rings. The van der Waals surface area contributed by atoms with Crippen LogP contribution in [0.15, 0.2) is 17.2 Å². The van der Waals surface area contributed by atoms with Gasteiger partial charge in [0.15, 0.2) is 0 Å². The molecule has 1 aliphatic heterocycles. The number of rotatable bonds is 6. The van der Waals surface area contributed by atoms with E-state index in [1.165, 1.54) is 12.8 Å². The zero-order valence-corrected chi connectivity index (χ0v) is 20.4. The molecule has 5 saturated carbocycles. The molecular weight excluding hydrogens is 450 g/mol. The summed E-state index contributed by atoms with van der Waals surface area (Å²) in [5.41, 5.74) is 0.135. The Morgan fingerprint density at radius 2 is 1.82 bits per heavy atom. The Kier molecular flexibility index (Phi) is 5.79. The highest BCUT2D eigenvalue weighted by molar-refractivity contribution is 7.99. The highest BCUT2D eigenvalue weighted by Crippen LogP contribution is 2.55. The molecular formula is C26H35N3O4S. The molecule has 7 rings (SSSR count). The van der Waals surface area contributed by atoms with E-state index in [9.17, 15) is 19.8 Å². The summed E-state index contributed by atoms with van der Waals surface area (Å²) in [5.74, 6) is 0.973. The van der Waals surface area contributed by atoms with Gasteiger partial charge in [-0.05, 0) is 81.3 Å². The maximum atomic E-state index is 13.6. The molecule has 0 spiro atoms. The number of aliphatic hydroxyl groups is 1. The summed E-state index contributed by atoms with van der Waals surface area (Å²) in [4.78, 5) is 31.9. The zero-order valence-electron chi connectivity index (χ0n) is 19.6. The summed E-state index contributed by atoms with van der Waals surface area (Å²) in [6.07, 6.45) is 10.2. The lowest BCUT2D eigenvalue weighted by molar-refractivity contribution is -0.141. The predicted molar refractivity (Wildman–Crippen MR) is 130 cm³/mol. The van der Waals surface area contributed by atoms with Gasteiger partial charge in [0.2, 0.25) is 0 Å². The van der Waals surface area contributed by atoms with Gasteiger partial charge in [-0.15, -0.1) is 11.8 Å². The third-order valence-electron chi connectivity index (χ3n) is 9.07. The lowest BCUT2D eigenvalue weighted by Gasteiger charge is -2.58. The van der Waals surface area contributed by atoms with E-state index in [1.54, 1.807) is 11.8 Å². The smallest absolute Gasteiger partial charge is 0.308 e. The van der Waals surface area contributed by atoms with Gasteiger partial charge in [0, 0.05) is 24.4 Å². The summed E-state index contributed by atoms with van der Waals surface area (Å²) < 4.78 is 0. The van der Waals surface area contributed by atoms with Crippen molar-refractivity contribution in [2.75, 3.05) is 18.0 Å². The van der Waals surface area contributed by atoms with E-state index in [0.717, 1.165) is 55.8 Å². The molecule has 7 nitrogen and oxygen atoms in total. The van der Waals surface area contributed by atoms with E-state index < -0.39 is 11.6 Å². The third-order valence-corrected chi connectivity index (χ3v) is 10.4. The van der Waals surface area contributed by atoms with Crippen LogP contribution in [-0.4, -0.2) is 57.1 Å². The number of thioether (sulfide) groups is 1. The third kappa shape index (κ3) is 4.21. The van der Waals surface area contributed by atoms with Crippen molar-refractivity contribution in [3.63, 3.8) is 0 Å². The lowest BCUT2D eigenvalue weighted by atomic mass is 9.52. The van der Waals surface area contributed by atoms with Gasteiger partial charge in [0.05, 0.1) is 17.1 Å². The van der Waals surface area contributed by atoms with Gasteiger partial charge in [-0.3, -0.25) is 9.59 Å². The fourth-order valence-corrected chi connectivity index (χ4v) is 8.97. The van der Waals surface area contributed by atoms with Crippen LogP contribution in [0.2, 0.25) is 0 Å². The van der Waals surface area contributed by atoms with Crippen molar-refractivity contribution in [1.29, 1.82) is 0 Å². The molecule has 2 heterocycles. The summed E-state index contributed by atoms with van der Waals surface area (Å²) in [5, 5.41) is 24.9. The topological polar surface area (TPSA) is 103 Å². The molecule has 0 radical (unpaired) electrons. The van der Waals surface area contributed by atoms with Crippen LogP contribution >= 0.6 is 11.8 Å². The number of carboxylic acid groups (broad SMARTS) is 1.